The highest BCUT2D eigenvalue weighted by atomic mass is 16.6. The van der Waals surface area contributed by atoms with E-state index in [0.717, 1.165) is 0 Å². The second kappa shape index (κ2) is 5.92. The first-order valence-corrected chi connectivity index (χ1v) is 6.59. The van der Waals surface area contributed by atoms with E-state index in [9.17, 15) is 4.79 Å². The minimum atomic E-state index is -0.667. The Balaban J connectivity index is 2.78. The molecule has 1 aliphatic rings. The van der Waals surface area contributed by atoms with Gasteiger partial charge >= 0.3 is 6.09 Å². The summed E-state index contributed by atoms with van der Waals surface area (Å²) < 4.78 is 11.1. The minimum Gasteiger partial charge on any atom is -0.444 e. The van der Waals surface area contributed by atoms with Crippen LogP contribution in [-0.4, -0.2) is 46.7 Å². The van der Waals surface area contributed by atoms with Crippen LogP contribution in [0.1, 0.15) is 41.0 Å². The lowest BCUT2D eigenvalue weighted by Crippen LogP contribution is -2.49. The van der Waals surface area contributed by atoms with Crippen LogP contribution in [0.5, 0.6) is 0 Å². The topological polar surface area (TPSA) is 59.0 Å². The van der Waals surface area contributed by atoms with Crippen LogP contribution in [0, 0.1) is 0 Å². The fourth-order valence-electron chi connectivity index (χ4n) is 2.07. The number of carbonyl (C=O) groups is 1. The predicted octanol–water partition coefficient (Wildman–Crippen LogP) is 2.30. The zero-order valence-electron chi connectivity index (χ0n) is 12.5. The third kappa shape index (κ3) is 4.51. The lowest BCUT2D eigenvalue weighted by atomic mass is 10.1. The number of aliphatic hydroxyl groups is 1. The summed E-state index contributed by atoms with van der Waals surface area (Å²) in [5, 5.41) is 8.75. The predicted molar refractivity (Wildman–Crippen MR) is 72.7 cm³/mol. The van der Waals surface area contributed by atoms with Crippen molar-refractivity contribution in [1.29, 1.82) is 0 Å². The number of nitrogens with zero attached hydrogens (tertiary/aromatic N) is 1. The van der Waals surface area contributed by atoms with E-state index < -0.39 is 11.3 Å². The van der Waals surface area contributed by atoms with Crippen LogP contribution in [0.2, 0.25) is 0 Å². The largest absolute Gasteiger partial charge is 0.444 e. The van der Waals surface area contributed by atoms with Crippen LogP contribution < -0.4 is 0 Å². The van der Waals surface area contributed by atoms with Crippen LogP contribution in [-0.2, 0) is 9.47 Å². The first kappa shape index (κ1) is 16.0. The summed E-state index contributed by atoms with van der Waals surface area (Å²) in [6, 6.07) is -0.0624. The van der Waals surface area contributed by atoms with Crippen LogP contribution in [0.3, 0.4) is 0 Å². The molecule has 1 rings (SSSR count). The lowest BCUT2D eigenvalue weighted by Gasteiger charge is -2.34. The van der Waals surface area contributed by atoms with E-state index in [-0.39, 0.29) is 18.7 Å². The fourth-order valence-corrected chi connectivity index (χ4v) is 2.07. The Bertz CT molecular complexity index is 344. The number of hydrogen-bond acceptors (Lipinski definition) is 4. The first-order chi connectivity index (χ1) is 8.67. The molecule has 1 fully saturated rings. The second-order valence-electron chi connectivity index (χ2n) is 6.15. The molecule has 1 amide bonds. The lowest BCUT2D eigenvalue weighted by molar-refractivity contribution is -0.0623. The van der Waals surface area contributed by atoms with E-state index in [1.807, 2.05) is 40.7 Å². The van der Waals surface area contributed by atoms with E-state index in [0.29, 0.717) is 13.0 Å². The average molecular weight is 271 g/mol. The molecule has 0 aromatic heterocycles. The highest BCUT2D eigenvalue weighted by Crippen LogP contribution is 2.30. The zero-order chi connectivity index (χ0) is 14.7. The van der Waals surface area contributed by atoms with Crippen LogP contribution in [0.15, 0.2) is 12.2 Å². The molecule has 1 saturated heterocycles. The number of carbonyl (C=O) groups excluding carboxylic acids is 1. The molecule has 0 radical (unpaired) electrons. The van der Waals surface area contributed by atoms with Gasteiger partial charge in [-0.15, -0.1) is 0 Å². The quantitative estimate of drug-likeness (QED) is 0.800. The Labute approximate surface area is 115 Å². The van der Waals surface area contributed by atoms with Crippen molar-refractivity contribution in [3.8, 4) is 0 Å². The molecule has 1 atom stereocenters. The zero-order valence-corrected chi connectivity index (χ0v) is 12.5. The summed E-state index contributed by atoms with van der Waals surface area (Å²) in [4.78, 5) is 13.9. The van der Waals surface area contributed by atoms with Gasteiger partial charge in [0.05, 0.1) is 19.3 Å². The monoisotopic (exact) mass is 271 g/mol. The third-order valence-corrected chi connectivity index (χ3v) is 2.84. The van der Waals surface area contributed by atoms with Gasteiger partial charge in [0.2, 0.25) is 0 Å². The Morgan fingerprint density at radius 2 is 2.11 bits per heavy atom. The van der Waals surface area contributed by atoms with Crippen LogP contribution in [0.25, 0.3) is 0 Å². The number of rotatable bonds is 3. The van der Waals surface area contributed by atoms with Crippen molar-refractivity contribution in [3.05, 3.63) is 12.2 Å². The Morgan fingerprint density at radius 3 is 2.63 bits per heavy atom. The van der Waals surface area contributed by atoms with E-state index in [2.05, 4.69) is 0 Å². The normalized spacial score (nSPS) is 23.1. The molecule has 0 bridgehead atoms. The number of aliphatic hydroxyl groups excluding tert-OH is 1. The van der Waals surface area contributed by atoms with Gasteiger partial charge < -0.3 is 14.6 Å². The maximum absolute atomic E-state index is 12.3. The SMILES string of the molecule is CC(C)(C)OC(=O)N1[C@H](C/C=C/CO)COC1(C)C. The van der Waals surface area contributed by atoms with E-state index >= 15 is 0 Å². The Hall–Kier alpha value is -1.07. The van der Waals surface area contributed by atoms with Gasteiger partial charge in [0, 0.05) is 0 Å². The van der Waals surface area contributed by atoms with E-state index in [1.165, 1.54) is 0 Å². The van der Waals surface area contributed by atoms with Gasteiger partial charge in [-0.05, 0) is 41.0 Å². The van der Waals surface area contributed by atoms with Gasteiger partial charge in [0.1, 0.15) is 11.3 Å². The molecule has 0 aromatic rings. The highest BCUT2D eigenvalue weighted by molar-refractivity contribution is 5.69. The van der Waals surface area contributed by atoms with Gasteiger partial charge in [-0.25, -0.2) is 4.79 Å². The molecular weight excluding hydrogens is 246 g/mol. The van der Waals surface area contributed by atoms with Crippen molar-refractivity contribution in [3.63, 3.8) is 0 Å². The van der Waals surface area contributed by atoms with Crippen molar-refractivity contribution in [1.82, 2.24) is 4.90 Å². The number of ether oxygens (including phenoxy) is 2. The number of amides is 1. The van der Waals surface area contributed by atoms with E-state index in [1.54, 1.807) is 11.0 Å². The molecule has 0 saturated carbocycles. The molecule has 5 heteroatoms. The molecule has 0 aromatic carbocycles. The summed E-state index contributed by atoms with van der Waals surface area (Å²) in [5.41, 5.74) is -1.19. The van der Waals surface area contributed by atoms with Crippen molar-refractivity contribution >= 4 is 6.09 Å². The van der Waals surface area contributed by atoms with Gasteiger partial charge in [0.15, 0.2) is 0 Å². The molecule has 110 valence electrons. The van der Waals surface area contributed by atoms with Crippen LogP contribution in [0.4, 0.5) is 4.79 Å². The second-order valence-corrected chi connectivity index (χ2v) is 6.15. The maximum Gasteiger partial charge on any atom is 0.412 e. The molecule has 0 spiro atoms. The minimum absolute atomic E-state index is 0.00338. The Morgan fingerprint density at radius 1 is 1.47 bits per heavy atom. The molecule has 19 heavy (non-hydrogen) atoms. The van der Waals surface area contributed by atoms with Crippen molar-refractivity contribution in [2.24, 2.45) is 0 Å². The van der Waals surface area contributed by atoms with Gasteiger partial charge in [0.25, 0.3) is 0 Å². The number of hydrogen-bond donors (Lipinski definition) is 1. The fraction of sp³-hybridized carbons (Fsp3) is 0.786. The molecule has 0 aliphatic carbocycles. The smallest absolute Gasteiger partial charge is 0.412 e. The van der Waals surface area contributed by atoms with Crippen molar-refractivity contribution in [2.45, 2.75) is 58.4 Å². The van der Waals surface area contributed by atoms with Gasteiger partial charge in [-0.2, -0.15) is 0 Å². The standard InChI is InChI=1S/C14H25NO4/c1-13(2,3)19-12(17)15-11(8-6-7-9-16)10-18-14(15,4)5/h6-7,11,16H,8-10H2,1-5H3/b7-6+/t11-/m1/s1. The molecule has 1 N–H and O–H groups in total. The highest BCUT2D eigenvalue weighted by Gasteiger charge is 2.45. The van der Waals surface area contributed by atoms with Gasteiger partial charge in [-0.3, -0.25) is 4.90 Å². The summed E-state index contributed by atoms with van der Waals surface area (Å²) in [6.45, 7) is 9.71. The summed E-state index contributed by atoms with van der Waals surface area (Å²) in [6.07, 6.45) is 3.80. The van der Waals surface area contributed by atoms with Gasteiger partial charge in [-0.1, -0.05) is 12.2 Å². The van der Waals surface area contributed by atoms with Crippen molar-refractivity contribution < 1.29 is 19.4 Å². The molecule has 1 aliphatic heterocycles. The summed E-state index contributed by atoms with van der Waals surface area (Å²) in [5.74, 6) is 0. The van der Waals surface area contributed by atoms with E-state index in [4.69, 9.17) is 14.6 Å². The van der Waals surface area contributed by atoms with Crippen LogP contribution >= 0.6 is 0 Å². The maximum atomic E-state index is 12.3. The molecule has 0 unspecified atom stereocenters. The molecule has 1 heterocycles. The average Bonchev–Trinajstić information content (AvgIpc) is 2.52. The van der Waals surface area contributed by atoms with Crippen molar-refractivity contribution in [2.75, 3.05) is 13.2 Å². The summed E-state index contributed by atoms with van der Waals surface area (Å²) >= 11 is 0. The third-order valence-electron chi connectivity index (χ3n) is 2.84. The molecular formula is C14H25NO4. The molecule has 5 nitrogen and oxygen atoms in total. The first-order valence-electron chi connectivity index (χ1n) is 6.59. The Kier molecular flexibility index (Phi) is 4.98. The summed E-state index contributed by atoms with van der Waals surface area (Å²) in [7, 11) is 0.